The fraction of sp³-hybridized carbons (Fsp3) is 0.471. The number of benzene rings is 1. The highest BCUT2D eigenvalue weighted by Crippen LogP contribution is 2.25. The lowest BCUT2D eigenvalue weighted by molar-refractivity contribution is -0.143. The van der Waals surface area contributed by atoms with Gasteiger partial charge in [-0.3, -0.25) is 9.59 Å². The van der Waals surface area contributed by atoms with Gasteiger partial charge in [-0.25, -0.2) is 4.98 Å². The number of hydrogen-bond acceptors (Lipinski definition) is 5. The molecule has 0 bridgehead atoms. The molecule has 0 amide bonds. The van der Waals surface area contributed by atoms with Gasteiger partial charge in [0.15, 0.2) is 5.16 Å². The summed E-state index contributed by atoms with van der Waals surface area (Å²) in [6.45, 7) is 2.14. The van der Waals surface area contributed by atoms with Crippen molar-refractivity contribution in [1.29, 1.82) is 0 Å². The first-order valence-corrected chi connectivity index (χ1v) is 9.06. The van der Waals surface area contributed by atoms with Crippen LogP contribution < -0.4 is 0 Å². The predicted octanol–water partition coefficient (Wildman–Crippen LogP) is 3.34. The maximum absolute atomic E-state index is 11.2. The summed E-state index contributed by atoms with van der Waals surface area (Å²) in [5.74, 6) is -0.186. The van der Waals surface area contributed by atoms with Crippen LogP contribution in [0.5, 0.6) is 0 Å². The molecule has 1 heterocycles. The van der Waals surface area contributed by atoms with Gasteiger partial charge in [-0.15, -0.1) is 0 Å². The van der Waals surface area contributed by atoms with Crippen molar-refractivity contribution in [1.82, 2.24) is 9.55 Å². The van der Waals surface area contributed by atoms with Gasteiger partial charge in [-0.1, -0.05) is 30.3 Å². The van der Waals surface area contributed by atoms with Crippen molar-refractivity contribution >= 4 is 34.7 Å². The molecular formula is C17H22N2O4S. The average Bonchev–Trinajstić information content (AvgIpc) is 2.88. The molecule has 1 aromatic heterocycles. The van der Waals surface area contributed by atoms with Crippen LogP contribution in [0.1, 0.15) is 32.6 Å². The molecule has 0 spiro atoms. The Hall–Kier alpha value is -2.02. The Kier molecular flexibility index (Phi) is 7.11. The SMILES string of the molecule is CCOC(=O)CCCCCSc1nc2ccccc2n1CC(=O)O. The summed E-state index contributed by atoms with van der Waals surface area (Å²) in [6, 6.07) is 7.54. The quantitative estimate of drug-likeness (QED) is 0.402. The van der Waals surface area contributed by atoms with Crippen molar-refractivity contribution in [2.45, 2.75) is 44.3 Å². The third-order valence-corrected chi connectivity index (χ3v) is 4.54. The first kappa shape index (κ1) is 18.3. The number of carboxylic acid groups (broad SMARTS) is 1. The lowest BCUT2D eigenvalue weighted by Gasteiger charge is -2.06. The average molecular weight is 350 g/mol. The summed E-state index contributed by atoms with van der Waals surface area (Å²) in [7, 11) is 0. The molecule has 2 aromatic rings. The number of unbranched alkanes of at least 4 members (excludes halogenated alkanes) is 2. The molecule has 0 saturated carbocycles. The molecule has 1 N–H and O–H groups in total. The molecule has 0 aliphatic rings. The van der Waals surface area contributed by atoms with E-state index in [0.717, 1.165) is 41.2 Å². The fourth-order valence-corrected chi connectivity index (χ4v) is 3.41. The molecular weight excluding hydrogens is 328 g/mol. The minimum Gasteiger partial charge on any atom is -0.480 e. The number of esters is 1. The summed E-state index contributed by atoms with van der Waals surface area (Å²) < 4.78 is 6.63. The monoisotopic (exact) mass is 350 g/mol. The topological polar surface area (TPSA) is 81.4 Å². The largest absolute Gasteiger partial charge is 0.480 e. The molecule has 7 heteroatoms. The number of carboxylic acids is 1. The highest BCUT2D eigenvalue weighted by Gasteiger charge is 2.13. The maximum Gasteiger partial charge on any atom is 0.323 e. The smallest absolute Gasteiger partial charge is 0.323 e. The Morgan fingerprint density at radius 3 is 2.79 bits per heavy atom. The molecule has 1 aromatic carbocycles. The van der Waals surface area contributed by atoms with E-state index in [4.69, 9.17) is 9.84 Å². The van der Waals surface area contributed by atoms with E-state index in [2.05, 4.69) is 4.98 Å². The summed E-state index contributed by atoms with van der Waals surface area (Å²) in [5.41, 5.74) is 1.65. The molecule has 2 rings (SSSR count). The Balaban J connectivity index is 1.86. The van der Waals surface area contributed by atoms with Crippen LogP contribution in [0.4, 0.5) is 0 Å². The number of carbonyl (C=O) groups is 2. The van der Waals surface area contributed by atoms with E-state index in [1.807, 2.05) is 24.3 Å². The molecule has 0 atom stereocenters. The van der Waals surface area contributed by atoms with Crippen LogP contribution in [0.2, 0.25) is 0 Å². The van der Waals surface area contributed by atoms with Gasteiger partial charge < -0.3 is 14.4 Å². The number of ether oxygens (including phenoxy) is 1. The second kappa shape index (κ2) is 9.32. The van der Waals surface area contributed by atoms with E-state index in [0.29, 0.717) is 13.0 Å². The van der Waals surface area contributed by atoms with Crippen molar-refractivity contribution in [2.75, 3.05) is 12.4 Å². The maximum atomic E-state index is 11.2. The van der Waals surface area contributed by atoms with Crippen LogP contribution in [0, 0.1) is 0 Å². The standard InChI is InChI=1S/C17H22N2O4S/c1-2-23-16(22)10-4-3-7-11-24-17-18-13-8-5-6-9-14(13)19(17)12-15(20)21/h5-6,8-9H,2-4,7,10-12H2,1H3,(H,20,21). The first-order valence-electron chi connectivity index (χ1n) is 8.07. The van der Waals surface area contributed by atoms with Crippen LogP contribution in [0.15, 0.2) is 29.4 Å². The van der Waals surface area contributed by atoms with Gasteiger partial charge in [0, 0.05) is 12.2 Å². The summed E-state index contributed by atoms with van der Waals surface area (Å²) in [4.78, 5) is 26.9. The fourth-order valence-electron chi connectivity index (χ4n) is 2.40. The Bertz CT molecular complexity index is 699. The minimum absolute atomic E-state index is 0.0916. The van der Waals surface area contributed by atoms with Gasteiger partial charge in [-0.05, 0) is 31.9 Å². The number of hydrogen-bond donors (Lipinski definition) is 1. The van der Waals surface area contributed by atoms with Crippen molar-refractivity contribution in [2.24, 2.45) is 0 Å². The number of aromatic nitrogens is 2. The van der Waals surface area contributed by atoms with Crippen molar-refractivity contribution in [3.63, 3.8) is 0 Å². The normalized spacial score (nSPS) is 10.9. The van der Waals surface area contributed by atoms with Crippen molar-refractivity contribution in [3.05, 3.63) is 24.3 Å². The second-order valence-electron chi connectivity index (χ2n) is 5.33. The van der Waals surface area contributed by atoms with Crippen LogP contribution in [-0.4, -0.2) is 39.0 Å². The molecule has 0 radical (unpaired) electrons. The summed E-state index contributed by atoms with van der Waals surface area (Å²) in [5, 5.41) is 9.83. The van der Waals surface area contributed by atoms with Crippen LogP contribution in [0.3, 0.4) is 0 Å². The van der Waals surface area contributed by atoms with Crippen molar-refractivity contribution in [3.8, 4) is 0 Å². The highest BCUT2D eigenvalue weighted by molar-refractivity contribution is 7.99. The zero-order valence-electron chi connectivity index (χ0n) is 13.7. The van der Waals surface area contributed by atoms with Gasteiger partial charge in [0.05, 0.1) is 17.6 Å². The first-order chi connectivity index (χ1) is 11.6. The Morgan fingerprint density at radius 1 is 1.25 bits per heavy atom. The van der Waals surface area contributed by atoms with Gasteiger partial charge in [0.2, 0.25) is 0 Å². The van der Waals surface area contributed by atoms with Gasteiger partial charge in [-0.2, -0.15) is 0 Å². The summed E-state index contributed by atoms with van der Waals surface area (Å²) in [6.07, 6.45) is 3.15. The lowest BCUT2D eigenvalue weighted by Crippen LogP contribution is -2.09. The Labute approximate surface area is 145 Å². The second-order valence-corrected chi connectivity index (χ2v) is 6.39. The van der Waals surface area contributed by atoms with E-state index in [1.54, 1.807) is 23.3 Å². The number of thioether (sulfide) groups is 1. The van der Waals surface area contributed by atoms with Crippen LogP contribution in [0.25, 0.3) is 11.0 Å². The molecule has 0 aliphatic heterocycles. The molecule has 6 nitrogen and oxygen atoms in total. The van der Waals surface area contributed by atoms with E-state index in [-0.39, 0.29) is 12.5 Å². The molecule has 24 heavy (non-hydrogen) atoms. The molecule has 0 saturated heterocycles. The molecule has 0 aliphatic carbocycles. The van der Waals surface area contributed by atoms with Gasteiger partial charge in [0.25, 0.3) is 0 Å². The number of rotatable bonds is 10. The van der Waals surface area contributed by atoms with Gasteiger partial charge in [0.1, 0.15) is 6.54 Å². The van der Waals surface area contributed by atoms with E-state index in [9.17, 15) is 9.59 Å². The minimum atomic E-state index is -0.880. The third kappa shape index (κ3) is 5.26. The van der Waals surface area contributed by atoms with Crippen LogP contribution in [-0.2, 0) is 20.9 Å². The molecule has 0 fully saturated rings. The van der Waals surface area contributed by atoms with E-state index in [1.165, 1.54) is 0 Å². The number of nitrogens with zero attached hydrogens (tertiary/aromatic N) is 2. The summed E-state index contributed by atoms with van der Waals surface area (Å²) >= 11 is 1.56. The number of carbonyl (C=O) groups excluding carboxylic acids is 1. The van der Waals surface area contributed by atoms with E-state index >= 15 is 0 Å². The highest BCUT2D eigenvalue weighted by atomic mass is 32.2. The van der Waals surface area contributed by atoms with Gasteiger partial charge >= 0.3 is 11.9 Å². The zero-order valence-corrected chi connectivity index (χ0v) is 14.6. The molecule has 130 valence electrons. The molecule has 0 unspecified atom stereocenters. The predicted molar refractivity (Wildman–Crippen MR) is 93.2 cm³/mol. The lowest BCUT2D eigenvalue weighted by atomic mass is 10.2. The third-order valence-electron chi connectivity index (χ3n) is 3.47. The Morgan fingerprint density at radius 2 is 2.04 bits per heavy atom. The number of imidazole rings is 1. The number of fused-ring (bicyclic) bond motifs is 1. The van der Waals surface area contributed by atoms with Crippen LogP contribution >= 0.6 is 11.8 Å². The van der Waals surface area contributed by atoms with E-state index < -0.39 is 5.97 Å². The number of aliphatic carboxylic acids is 1. The van der Waals surface area contributed by atoms with Crippen molar-refractivity contribution < 1.29 is 19.4 Å². The zero-order chi connectivity index (χ0) is 17.4. The number of para-hydroxylation sites is 2.